The van der Waals surface area contributed by atoms with Gasteiger partial charge in [0.1, 0.15) is 12.4 Å². The molecule has 1 aromatic rings. The molecule has 0 bridgehead atoms. The van der Waals surface area contributed by atoms with Gasteiger partial charge in [-0.15, -0.1) is 0 Å². The van der Waals surface area contributed by atoms with Gasteiger partial charge in [-0.25, -0.2) is 9.97 Å². The number of rotatable bonds is 3. The molecule has 0 radical (unpaired) electrons. The zero-order chi connectivity index (χ0) is 11.4. The van der Waals surface area contributed by atoms with Crippen molar-refractivity contribution >= 4 is 0 Å². The van der Waals surface area contributed by atoms with Crippen LogP contribution in [0.15, 0.2) is 12.4 Å². The minimum absolute atomic E-state index is 0.277. The van der Waals surface area contributed by atoms with E-state index in [1.807, 2.05) is 6.07 Å². The van der Waals surface area contributed by atoms with E-state index in [1.54, 1.807) is 6.33 Å². The van der Waals surface area contributed by atoms with Crippen LogP contribution in [-0.4, -0.2) is 22.1 Å². The van der Waals surface area contributed by atoms with Crippen molar-refractivity contribution in [2.24, 2.45) is 5.73 Å². The van der Waals surface area contributed by atoms with Gasteiger partial charge in [0.2, 0.25) is 5.88 Å². The van der Waals surface area contributed by atoms with E-state index in [9.17, 15) is 0 Å². The molecule has 1 aliphatic rings. The molecule has 0 atom stereocenters. The number of ether oxygens (including phenoxy) is 1. The zero-order valence-corrected chi connectivity index (χ0v) is 9.72. The molecule has 4 heteroatoms. The molecule has 1 heterocycles. The summed E-state index contributed by atoms with van der Waals surface area (Å²) in [4.78, 5) is 8.29. The highest BCUT2D eigenvalue weighted by Gasteiger charge is 2.20. The van der Waals surface area contributed by atoms with Gasteiger partial charge in [0.15, 0.2) is 0 Å². The molecule has 1 aromatic heterocycles. The van der Waals surface area contributed by atoms with E-state index in [4.69, 9.17) is 10.5 Å². The summed E-state index contributed by atoms with van der Waals surface area (Å²) >= 11 is 0. The van der Waals surface area contributed by atoms with E-state index in [0.29, 0.717) is 11.9 Å². The van der Waals surface area contributed by atoms with Gasteiger partial charge >= 0.3 is 0 Å². The number of nitrogens with two attached hydrogens (primary N) is 1. The van der Waals surface area contributed by atoms with E-state index in [0.717, 1.165) is 37.8 Å². The second-order valence-electron chi connectivity index (χ2n) is 4.36. The molecule has 0 unspecified atom stereocenters. The average Bonchev–Trinajstić information content (AvgIpc) is 2.32. The molecule has 1 aliphatic carbocycles. The number of nitrogens with zero attached hydrogens (tertiary/aromatic N) is 2. The normalized spacial score (nSPS) is 25.4. The first kappa shape index (κ1) is 11.3. The standard InChI is InChI=1S/C12H19N3O/c1-2-10-7-12(15-8-14-10)16-11-5-3-9(13)4-6-11/h7-9,11H,2-6,13H2,1H3. The number of aromatic nitrogens is 2. The fraction of sp³-hybridized carbons (Fsp3) is 0.667. The monoisotopic (exact) mass is 221 g/mol. The van der Waals surface area contributed by atoms with Crippen molar-refractivity contribution in [1.29, 1.82) is 0 Å². The zero-order valence-electron chi connectivity index (χ0n) is 9.72. The smallest absolute Gasteiger partial charge is 0.216 e. The Morgan fingerprint density at radius 1 is 1.31 bits per heavy atom. The van der Waals surface area contributed by atoms with E-state index in [2.05, 4.69) is 16.9 Å². The van der Waals surface area contributed by atoms with Crippen LogP contribution < -0.4 is 10.5 Å². The Balaban J connectivity index is 1.93. The van der Waals surface area contributed by atoms with Crippen LogP contribution in [0.4, 0.5) is 0 Å². The minimum Gasteiger partial charge on any atom is -0.474 e. The Labute approximate surface area is 96.2 Å². The van der Waals surface area contributed by atoms with Gasteiger partial charge in [0.25, 0.3) is 0 Å². The highest BCUT2D eigenvalue weighted by Crippen LogP contribution is 2.21. The second kappa shape index (κ2) is 5.25. The molecule has 0 amide bonds. The van der Waals surface area contributed by atoms with E-state index < -0.39 is 0 Å². The molecule has 2 N–H and O–H groups in total. The maximum Gasteiger partial charge on any atom is 0.216 e. The third-order valence-corrected chi connectivity index (χ3v) is 3.07. The van der Waals surface area contributed by atoms with Gasteiger partial charge in [-0.05, 0) is 32.1 Å². The topological polar surface area (TPSA) is 61.0 Å². The van der Waals surface area contributed by atoms with Gasteiger partial charge in [-0.2, -0.15) is 0 Å². The summed E-state index contributed by atoms with van der Waals surface area (Å²) in [5, 5.41) is 0. The summed E-state index contributed by atoms with van der Waals surface area (Å²) in [6, 6.07) is 2.28. The second-order valence-corrected chi connectivity index (χ2v) is 4.36. The minimum atomic E-state index is 0.277. The van der Waals surface area contributed by atoms with Crippen molar-refractivity contribution in [3.63, 3.8) is 0 Å². The lowest BCUT2D eigenvalue weighted by atomic mass is 9.94. The Morgan fingerprint density at radius 3 is 2.75 bits per heavy atom. The molecule has 88 valence electrons. The van der Waals surface area contributed by atoms with Crippen LogP contribution in [0.5, 0.6) is 5.88 Å². The summed E-state index contributed by atoms with van der Waals surface area (Å²) in [5.74, 6) is 0.701. The van der Waals surface area contributed by atoms with Crippen molar-refractivity contribution < 1.29 is 4.74 Å². The van der Waals surface area contributed by atoms with Crippen LogP contribution in [-0.2, 0) is 6.42 Å². The van der Waals surface area contributed by atoms with Crippen molar-refractivity contribution in [3.05, 3.63) is 18.1 Å². The van der Waals surface area contributed by atoms with Gasteiger partial charge < -0.3 is 10.5 Å². The van der Waals surface area contributed by atoms with Gasteiger partial charge in [0.05, 0.1) is 0 Å². The summed E-state index contributed by atoms with van der Waals surface area (Å²) in [6.07, 6.45) is 6.93. The van der Waals surface area contributed by atoms with E-state index >= 15 is 0 Å². The molecule has 2 rings (SSSR count). The quantitative estimate of drug-likeness (QED) is 0.843. The van der Waals surface area contributed by atoms with Gasteiger partial charge in [-0.1, -0.05) is 6.92 Å². The van der Waals surface area contributed by atoms with Crippen LogP contribution in [0.3, 0.4) is 0 Å². The van der Waals surface area contributed by atoms with Gasteiger partial charge in [0, 0.05) is 17.8 Å². The molecular weight excluding hydrogens is 202 g/mol. The Morgan fingerprint density at radius 2 is 2.06 bits per heavy atom. The van der Waals surface area contributed by atoms with Crippen molar-refractivity contribution in [2.45, 2.75) is 51.2 Å². The third-order valence-electron chi connectivity index (χ3n) is 3.07. The highest BCUT2D eigenvalue weighted by atomic mass is 16.5. The molecule has 4 nitrogen and oxygen atoms in total. The summed E-state index contributed by atoms with van der Waals surface area (Å²) in [6.45, 7) is 2.08. The fourth-order valence-electron chi connectivity index (χ4n) is 2.01. The molecule has 1 fully saturated rings. The number of hydrogen-bond acceptors (Lipinski definition) is 4. The first-order valence-electron chi connectivity index (χ1n) is 6.01. The number of aryl methyl sites for hydroxylation is 1. The van der Waals surface area contributed by atoms with E-state index in [1.165, 1.54) is 0 Å². The maximum atomic E-state index is 5.85. The third kappa shape index (κ3) is 2.92. The number of hydrogen-bond donors (Lipinski definition) is 1. The molecule has 0 aromatic carbocycles. The lowest BCUT2D eigenvalue weighted by molar-refractivity contribution is 0.141. The summed E-state index contributed by atoms with van der Waals surface area (Å²) in [5.41, 5.74) is 6.88. The summed E-state index contributed by atoms with van der Waals surface area (Å²) < 4.78 is 5.84. The predicted molar refractivity (Wildman–Crippen MR) is 62.3 cm³/mol. The average molecular weight is 221 g/mol. The van der Waals surface area contributed by atoms with Crippen molar-refractivity contribution in [2.75, 3.05) is 0 Å². The van der Waals surface area contributed by atoms with Crippen LogP contribution in [0.25, 0.3) is 0 Å². The van der Waals surface area contributed by atoms with Crippen LogP contribution in [0, 0.1) is 0 Å². The lowest BCUT2D eigenvalue weighted by Crippen LogP contribution is -2.31. The first-order chi connectivity index (χ1) is 7.78. The van der Waals surface area contributed by atoms with Crippen molar-refractivity contribution in [1.82, 2.24) is 9.97 Å². The molecular formula is C12H19N3O. The van der Waals surface area contributed by atoms with Gasteiger partial charge in [-0.3, -0.25) is 0 Å². The molecule has 0 spiro atoms. The largest absolute Gasteiger partial charge is 0.474 e. The van der Waals surface area contributed by atoms with Crippen LogP contribution in [0.1, 0.15) is 38.3 Å². The maximum absolute atomic E-state index is 5.85. The Bertz CT molecular complexity index is 335. The SMILES string of the molecule is CCc1cc(OC2CCC(N)CC2)ncn1. The summed E-state index contributed by atoms with van der Waals surface area (Å²) in [7, 11) is 0. The molecule has 0 saturated heterocycles. The first-order valence-corrected chi connectivity index (χ1v) is 6.01. The lowest BCUT2D eigenvalue weighted by Gasteiger charge is -2.26. The fourth-order valence-corrected chi connectivity index (χ4v) is 2.01. The Hall–Kier alpha value is -1.16. The molecule has 16 heavy (non-hydrogen) atoms. The highest BCUT2D eigenvalue weighted by molar-refractivity contribution is 5.13. The Kier molecular flexibility index (Phi) is 3.72. The van der Waals surface area contributed by atoms with E-state index in [-0.39, 0.29) is 6.10 Å². The molecule has 1 saturated carbocycles. The molecule has 0 aliphatic heterocycles. The van der Waals surface area contributed by atoms with Crippen LogP contribution >= 0.6 is 0 Å². The predicted octanol–water partition coefficient (Wildman–Crippen LogP) is 1.69. The van der Waals surface area contributed by atoms with Crippen molar-refractivity contribution in [3.8, 4) is 5.88 Å². The van der Waals surface area contributed by atoms with Crippen LogP contribution in [0.2, 0.25) is 0 Å².